The van der Waals surface area contributed by atoms with Crippen LogP contribution in [0.4, 0.5) is 33.6 Å². The molecule has 24 heteroatoms. The summed E-state index contributed by atoms with van der Waals surface area (Å²) in [7, 11) is 0. The molecule has 0 aliphatic rings. The number of nitrogens with zero attached hydrogens (tertiary/aromatic N) is 7. The molecule has 2 amide bonds. The Labute approximate surface area is 363 Å². The van der Waals surface area contributed by atoms with Crippen molar-refractivity contribution in [2.75, 3.05) is 23.7 Å². The topological polar surface area (TPSA) is 219 Å². The van der Waals surface area contributed by atoms with Gasteiger partial charge >= 0.3 is 11.8 Å². The van der Waals surface area contributed by atoms with E-state index in [2.05, 4.69) is 36.2 Å². The number of hydrogen-bond donors (Lipinski definition) is 4. The Morgan fingerprint density at radius 2 is 1.11 bits per heavy atom. The van der Waals surface area contributed by atoms with Crippen molar-refractivity contribution < 1.29 is 41.0 Å². The minimum Gasteiger partial charge on any atom is -0.618 e. The van der Waals surface area contributed by atoms with Crippen LogP contribution in [0.1, 0.15) is 22.6 Å². The number of benzene rings is 1. The molecule has 0 atom stereocenters. The number of aromatic nitrogens is 7. The molecule has 5 aromatic heterocycles. The van der Waals surface area contributed by atoms with Crippen LogP contribution in [0, 0.1) is 16.2 Å². The first kappa shape index (κ1) is 46.9. The van der Waals surface area contributed by atoms with Crippen LogP contribution in [-0.4, -0.2) is 49.0 Å². The van der Waals surface area contributed by atoms with E-state index >= 15 is 0 Å². The summed E-state index contributed by atoms with van der Waals surface area (Å²) in [6, 6.07) is 18.2. The van der Waals surface area contributed by atoms with E-state index in [0.29, 0.717) is 5.69 Å². The van der Waals surface area contributed by atoms with Crippen molar-refractivity contribution in [1.82, 2.24) is 34.7 Å². The van der Waals surface area contributed by atoms with Crippen LogP contribution < -0.4 is 41.8 Å². The Morgan fingerprint density at radius 1 is 0.651 bits per heavy atom. The summed E-state index contributed by atoms with van der Waals surface area (Å²) in [5.41, 5.74) is -2.52. The molecule has 0 saturated heterocycles. The third kappa shape index (κ3) is 12.7. The van der Waals surface area contributed by atoms with Crippen molar-refractivity contribution in [3.63, 3.8) is 0 Å². The lowest BCUT2D eigenvalue weighted by atomic mass is 10.2. The summed E-state index contributed by atoms with van der Waals surface area (Å²) in [5.74, 6) is -9.80. The number of carbonyl (C=O) groups is 2. The lowest BCUT2D eigenvalue weighted by Gasteiger charge is -2.17. The summed E-state index contributed by atoms with van der Waals surface area (Å²) < 4.78 is 72.9. The minimum absolute atomic E-state index is 0.0230. The van der Waals surface area contributed by atoms with E-state index in [1.54, 1.807) is 30.5 Å². The molecule has 0 aliphatic carbocycles. The Kier molecular flexibility index (Phi) is 15.7. The first-order chi connectivity index (χ1) is 30.0. The maximum atomic E-state index is 14.4. The van der Waals surface area contributed by atoms with E-state index in [0.717, 1.165) is 46.1 Å². The van der Waals surface area contributed by atoms with E-state index in [4.69, 9.17) is 23.2 Å². The molecule has 1 aromatic carbocycles. The van der Waals surface area contributed by atoms with Crippen molar-refractivity contribution in [3.05, 3.63) is 180 Å². The normalized spacial score (nSPS) is 11.2. The lowest BCUT2D eigenvalue weighted by molar-refractivity contribution is -0.624. The fourth-order valence-corrected chi connectivity index (χ4v) is 5.76. The molecule has 6 rings (SSSR count). The third-order valence-electron chi connectivity index (χ3n) is 8.60. The fourth-order valence-electron chi connectivity index (χ4n) is 5.39. The number of hydrogen-bond acceptors (Lipinski definition) is 11. The second-order valence-corrected chi connectivity index (χ2v) is 13.8. The molecular weight excluding hydrogens is 884 g/mol. The van der Waals surface area contributed by atoms with Gasteiger partial charge in [-0.05, 0) is 30.3 Å². The van der Waals surface area contributed by atoms with Gasteiger partial charge in [0.15, 0.2) is 24.0 Å². The van der Waals surface area contributed by atoms with Crippen molar-refractivity contribution in [1.29, 1.82) is 0 Å². The zero-order valence-corrected chi connectivity index (χ0v) is 33.9. The zero-order valence-electron chi connectivity index (χ0n) is 32.4. The smallest absolute Gasteiger partial charge is 0.347 e. The van der Waals surface area contributed by atoms with Gasteiger partial charge in [-0.2, -0.15) is 27.0 Å². The predicted octanol–water partition coefficient (Wildman–Crippen LogP) is 3.63. The maximum Gasteiger partial charge on any atom is 0.347 e. The number of anilines is 2. The first-order valence-corrected chi connectivity index (χ1v) is 19.0. The van der Waals surface area contributed by atoms with Crippen molar-refractivity contribution in [2.45, 2.75) is 38.0 Å². The van der Waals surface area contributed by atoms with Crippen molar-refractivity contribution in [3.8, 4) is 0 Å². The molecule has 0 saturated carbocycles. The summed E-state index contributed by atoms with van der Waals surface area (Å²) in [5, 5.41) is 32.3. The van der Waals surface area contributed by atoms with Gasteiger partial charge in [0.1, 0.15) is 29.2 Å². The van der Waals surface area contributed by atoms with Crippen LogP contribution in [-0.2, 0) is 47.6 Å². The molecule has 0 unspecified atom stereocenters. The fraction of sp³-hybridized carbons (Fsp3) is 0.205. The zero-order chi connectivity index (χ0) is 45.7. The van der Waals surface area contributed by atoms with Gasteiger partial charge in [-0.3, -0.25) is 33.3 Å². The van der Waals surface area contributed by atoms with Gasteiger partial charge in [-0.15, -0.1) is 0 Å². The Hall–Kier alpha value is -7.20. The van der Waals surface area contributed by atoms with Gasteiger partial charge in [-0.25, -0.2) is 14.4 Å². The van der Waals surface area contributed by atoms with Crippen molar-refractivity contribution >= 4 is 46.7 Å². The molecular formula is C39H34Cl2F5N11O6. The van der Waals surface area contributed by atoms with E-state index < -0.39 is 89.8 Å². The summed E-state index contributed by atoms with van der Waals surface area (Å²) in [6.07, 6.45) is 5.52. The standard InChI is InChI=1S/C20H17ClF3N5O3.C19H17ClF2N6O3/c21-16-10-26-18(27-12-20(23,24)15-7-3-4-8-29(15)32)19(31)28(16)11-17(30)25-9-13-5-1-2-6-14(13)22;20-15-10-25-17(26-12-19(21,22)14-6-2-4-8-28(14)31)18(30)27(15)11-16(29)24-9-13-5-1-3-7-23-13/h1-8,10H,9,11-12H2,(H,25,30)(H,26,27);1-8,10H,9,11-12H2,(H,24,29)(H,25,26). The molecule has 0 fully saturated rings. The number of amides is 2. The van der Waals surface area contributed by atoms with Crippen molar-refractivity contribution in [2.24, 2.45) is 0 Å². The van der Waals surface area contributed by atoms with Crippen LogP contribution in [0.5, 0.6) is 0 Å². The molecule has 6 aromatic rings. The highest BCUT2D eigenvalue weighted by Crippen LogP contribution is 2.26. The maximum absolute atomic E-state index is 14.4. The minimum atomic E-state index is -3.61. The van der Waals surface area contributed by atoms with Crippen LogP contribution >= 0.6 is 23.2 Å². The number of alkyl halides is 4. The van der Waals surface area contributed by atoms with Gasteiger partial charge in [0.2, 0.25) is 11.8 Å². The Bertz CT molecular complexity index is 2680. The van der Waals surface area contributed by atoms with E-state index in [9.17, 15) is 51.5 Å². The number of pyridine rings is 3. The SMILES string of the molecule is O=C(Cn1c(Cl)cnc(NCC(F)(F)c2cccc[n+]2[O-])c1=O)NCc1ccccc1F.O=C(Cn1c(Cl)cnc(NCC(F)(F)c2cccc[n+]2[O-])c1=O)NCc1ccccn1. The predicted molar refractivity (Wildman–Crippen MR) is 217 cm³/mol. The highest BCUT2D eigenvalue weighted by molar-refractivity contribution is 6.29. The van der Waals surface area contributed by atoms with E-state index in [-0.39, 0.29) is 38.4 Å². The molecule has 4 N–H and O–H groups in total. The molecule has 330 valence electrons. The van der Waals surface area contributed by atoms with Gasteiger partial charge < -0.3 is 31.7 Å². The molecule has 5 heterocycles. The Balaban J connectivity index is 0.000000238. The van der Waals surface area contributed by atoms with Crippen LogP contribution in [0.15, 0.2) is 119 Å². The number of nitrogens with one attached hydrogen (secondary N) is 4. The monoisotopic (exact) mass is 917 g/mol. The molecule has 17 nitrogen and oxygen atoms in total. The average molecular weight is 919 g/mol. The Morgan fingerprint density at radius 3 is 1.57 bits per heavy atom. The van der Waals surface area contributed by atoms with E-state index in [1.165, 1.54) is 42.5 Å². The summed E-state index contributed by atoms with van der Waals surface area (Å²) >= 11 is 11.9. The summed E-state index contributed by atoms with van der Waals surface area (Å²) in [6.45, 7) is -3.12. The summed E-state index contributed by atoms with van der Waals surface area (Å²) in [4.78, 5) is 61.0. The molecule has 63 heavy (non-hydrogen) atoms. The third-order valence-corrected chi connectivity index (χ3v) is 9.20. The average Bonchev–Trinajstić information content (AvgIpc) is 3.26. The molecule has 0 aliphatic heterocycles. The number of rotatable bonds is 16. The number of halogens is 7. The molecule has 0 spiro atoms. The molecule has 0 radical (unpaired) electrons. The second kappa shape index (κ2) is 21.1. The van der Waals surface area contributed by atoms with Crippen LogP contribution in [0.3, 0.4) is 0 Å². The van der Waals surface area contributed by atoms with Gasteiger partial charge in [0.05, 0.1) is 37.7 Å². The lowest BCUT2D eigenvalue weighted by Crippen LogP contribution is -2.41. The highest BCUT2D eigenvalue weighted by atomic mass is 35.5. The van der Waals surface area contributed by atoms with Gasteiger partial charge in [0, 0.05) is 42.6 Å². The quantitative estimate of drug-likeness (QED) is 0.0624. The van der Waals surface area contributed by atoms with Crippen LogP contribution in [0.2, 0.25) is 10.3 Å². The second-order valence-electron chi connectivity index (χ2n) is 13.0. The number of carbonyl (C=O) groups excluding carboxylic acids is 2. The first-order valence-electron chi connectivity index (χ1n) is 18.2. The van der Waals surface area contributed by atoms with Gasteiger partial charge in [0.25, 0.3) is 22.5 Å². The largest absolute Gasteiger partial charge is 0.618 e. The van der Waals surface area contributed by atoms with E-state index in [1.807, 2.05) is 0 Å². The van der Waals surface area contributed by atoms with Gasteiger partial charge in [-0.1, -0.05) is 47.5 Å². The molecule has 0 bridgehead atoms. The highest BCUT2D eigenvalue weighted by Gasteiger charge is 2.40. The van der Waals surface area contributed by atoms with Crippen LogP contribution in [0.25, 0.3) is 0 Å².